The van der Waals surface area contributed by atoms with Gasteiger partial charge in [-0.3, -0.25) is 0 Å². The number of rotatable bonds is 6. The molecular weight excluding hydrogens is 288 g/mol. The highest BCUT2D eigenvalue weighted by Gasteiger charge is 2.43. The monoisotopic (exact) mass is 322 g/mol. The van der Waals surface area contributed by atoms with Gasteiger partial charge in [-0.1, -0.05) is 109 Å². The second kappa shape index (κ2) is 7.13. The molecule has 0 aliphatic heterocycles. The van der Waals surface area contributed by atoms with Crippen molar-refractivity contribution in [2.75, 3.05) is 0 Å². The minimum absolute atomic E-state index is 0.00735. The van der Waals surface area contributed by atoms with Crippen LogP contribution in [0.3, 0.4) is 0 Å². The third-order valence-corrected chi connectivity index (χ3v) is 5.78. The maximum atomic E-state index is 2.44. The fourth-order valence-electron chi connectivity index (χ4n) is 3.80. The van der Waals surface area contributed by atoms with E-state index >= 15 is 0 Å². The molecule has 0 aliphatic rings. The molecule has 130 valence electrons. The Morgan fingerprint density at radius 2 is 1.00 bits per heavy atom. The van der Waals surface area contributed by atoms with Gasteiger partial charge in [-0.2, -0.15) is 0 Å². The van der Waals surface area contributed by atoms with Crippen LogP contribution < -0.4 is 0 Å². The zero-order valence-electron chi connectivity index (χ0n) is 16.4. The molecule has 0 heteroatoms. The highest BCUT2D eigenvalue weighted by atomic mass is 14.5. The summed E-state index contributed by atoms with van der Waals surface area (Å²) in [4.78, 5) is 0. The summed E-state index contributed by atoms with van der Waals surface area (Å²) in [6, 6.07) is 22.1. The lowest BCUT2D eigenvalue weighted by Gasteiger charge is -2.46. The van der Waals surface area contributed by atoms with Crippen LogP contribution >= 0.6 is 0 Å². The molecule has 0 nitrogen and oxygen atoms in total. The molecule has 0 aromatic heterocycles. The van der Waals surface area contributed by atoms with Gasteiger partial charge < -0.3 is 0 Å². The Hall–Kier alpha value is -1.56. The molecule has 0 fully saturated rings. The fourth-order valence-corrected chi connectivity index (χ4v) is 3.80. The van der Waals surface area contributed by atoms with Crippen molar-refractivity contribution in [3.63, 3.8) is 0 Å². The maximum Gasteiger partial charge on any atom is 0.0225 e. The Morgan fingerprint density at radius 3 is 1.38 bits per heavy atom. The van der Waals surface area contributed by atoms with Crippen LogP contribution in [-0.4, -0.2) is 0 Å². The van der Waals surface area contributed by atoms with Gasteiger partial charge in [0, 0.05) is 5.41 Å². The summed E-state index contributed by atoms with van der Waals surface area (Å²) in [6.07, 6.45) is 3.77. The van der Waals surface area contributed by atoms with E-state index in [0.717, 1.165) is 0 Å². The molecule has 0 radical (unpaired) electrons. The zero-order chi connectivity index (χ0) is 17.8. The van der Waals surface area contributed by atoms with E-state index in [-0.39, 0.29) is 10.8 Å². The number of hydrogen-bond acceptors (Lipinski definition) is 0. The summed E-state index contributed by atoms with van der Waals surface area (Å²) >= 11 is 0. The van der Waals surface area contributed by atoms with Crippen LogP contribution in [0.4, 0.5) is 0 Å². The van der Waals surface area contributed by atoms with Gasteiger partial charge in [0.15, 0.2) is 0 Å². The van der Waals surface area contributed by atoms with Gasteiger partial charge in [0.1, 0.15) is 0 Å². The topological polar surface area (TPSA) is 0 Å². The quantitative estimate of drug-likeness (QED) is 0.526. The van der Waals surface area contributed by atoms with E-state index in [1.165, 1.54) is 30.4 Å². The van der Waals surface area contributed by atoms with Gasteiger partial charge >= 0.3 is 0 Å². The summed E-state index contributed by atoms with van der Waals surface area (Å²) in [5.41, 5.74) is 3.43. The first-order chi connectivity index (χ1) is 11.2. The van der Waals surface area contributed by atoms with Crippen molar-refractivity contribution in [1.29, 1.82) is 0 Å². The minimum Gasteiger partial charge on any atom is -0.0622 e. The highest BCUT2D eigenvalue weighted by molar-refractivity contribution is 5.40. The van der Waals surface area contributed by atoms with Crippen molar-refractivity contribution < 1.29 is 0 Å². The molecule has 0 unspecified atom stereocenters. The lowest BCUT2D eigenvalue weighted by atomic mass is 9.57. The van der Waals surface area contributed by atoms with E-state index in [4.69, 9.17) is 0 Å². The second-order valence-corrected chi connectivity index (χ2v) is 9.16. The molecule has 0 saturated carbocycles. The van der Waals surface area contributed by atoms with Crippen LogP contribution in [0.25, 0.3) is 0 Å². The molecule has 0 spiro atoms. The standard InChI is InChI=1S/C24H34/c1-22(2,3)18-13-19-23(4,5)24(6,20-14-9-7-10-15-20)21-16-11-8-12-17-21/h7-12,14-17H,13,18-19H2,1-6H3. The van der Waals surface area contributed by atoms with Gasteiger partial charge in [-0.05, 0) is 34.8 Å². The van der Waals surface area contributed by atoms with E-state index in [1.54, 1.807) is 0 Å². The lowest BCUT2D eigenvalue weighted by Crippen LogP contribution is -2.40. The summed E-state index contributed by atoms with van der Waals surface area (Å²) in [6.45, 7) is 14.3. The SMILES string of the molecule is CC(C)(C)CCCC(C)(C)C(C)(c1ccccc1)c1ccccc1. The van der Waals surface area contributed by atoms with Gasteiger partial charge in [-0.15, -0.1) is 0 Å². The van der Waals surface area contributed by atoms with Crippen LogP contribution in [0.5, 0.6) is 0 Å². The third-order valence-electron chi connectivity index (χ3n) is 5.78. The average Bonchev–Trinajstić information content (AvgIpc) is 2.54. The first-order valence-corrected chi connectivity index (χ1v) is 9.28. The van der Waals surface area contributed by atoms with Gasteiger partial charge in [-0.25, -0.2) is 0 Å². The van der Waals surface area contributed by atoms with Crippen LogP contribution in [0.15, 0.2) is 60.7 Å². The summed E-state index contributed by atoms with van der Waals surface area (Å²) < 4.78 is 0. The normalized spacial score (nSPS) is 13.1. The highest BCUT2D eigenvalue weighted by Crippen LogP contribution is 2.49. The van der Waals surface area contributed by atoms with Crippen molar-refractivity contribution in [3.8, 4) is 0 Å². The number of hydrogen-bond donors (Lipinski definition) is 0. The molecule has 2 aromatic rings. The smallest absolute Gasteiger partial charge is 0.0225 e. The molecule has 2 aromatic carbocycles. The predicted molar refractivity (Wildman–Crippen MR) is 106 cm³/mol. The van der Waals surface area contributed by atoms with Crippen molar-refractivity contribution in [1.82, 2.24) is 0 Å². The Balaban J connectivity index is 2.39. The van der Waals surface area contributed by atoms with E-state index in [2.05, 4.69) is 102 Å². The van der Waals surface area contributed by atoms with Gasteiger partial charge in [0.25, 0.3) is 0 Å². The van der Waals surface area contributed by atoms with Crippen molar-refractivity contribution in [3.05, 3.63) is 71.8 Å². The van der Waals surface area contributed by atoms with Crippen LogP contribution in [-0.2, 0) is 5.41 Å². The van der Waals surface area contributed by atoms with Gasteiger partial charge in [0.2, 0.25) is 0 Å². The summed E-state index contributed by atoms with van der Waals surface area (Å²) in [7, 11) is 0. The molecule has 2 rings (SSSR count). The third kappa shape index (κ3) is 4.09. The summed E-state index contributed by atoms with van der Waals surface area (Å²) in [5, 5.41) is 0. The maximum absolute atomic E-state index is 2.44. The Bertz CT molecular complexity index is 575. The zero-order valence-corrected chi connectivity index (χ0v) is 16.4. The largest absolute Gasteiger partial charge is 0.0622 e. The molecule has 0 aliphatic carbocycles. The van der Waals surface area contributed by atoms with Crippen molar-refractivity contribution in [2.24, 2.45) is 10.8 Å². The van der Waals surface area contributed by atoms with Gasteiger partial charge in [0.05, 0.1) is 0 Å². The van der Waals surface area contributed by atoms with E-state index < -0.39 is 0 Å². The summed E-state index contributed by atoms with van der Waals surface area (Å²) in [5.74, 6) is 0. The van der Waals surface area contributed by atoms with Crippen LogP contribution in [0, 0.1) is 10.8 Å². The Morgan fingerprint density at radius 1 is 0.583 bits per heavy atom. The first kappa shape index (κ1) is 18.8. The molecule has 0 amide bonds. The number of benzene rings is 2. The average molecular weight is 323 g/mol. The van der Waals surface area contributed by atoms with E-state index in [1.807, 2.05) is 0 Å². The lowest BCUT2D eigenvalue weighted by molar-refractivity contribution is 0.184. The molecule has 0 atom stereocenters. The predicted octanol–water partition coefficient (Wildman–Crippen LogP) is 7.24. The second-order valence-electron chi connectivity index (χ2n) is 9.16. The fraction of sp³-hybridized carbons (Fsp3) is 0.500. The molecule has 0 heterocycles. The molecule has 0 saturated heterocycles. The molecule has 24 heavy (non-hydrogen) atoms. The van der Waals surface area contributed by atoms with Crippen LogP contribution in [0.2, 0.25) is 0 Å². The minimum atomic E-state index is 0.00735. The Labute approximate surface area is 149 Å². The Kier molecular flexibility index (Phi) is 5.58. The molecular formula is C24H34. The van der Waals surface area contributed by atoms with Crippen LogP contribution in [0.1, 0.15) is 71.9 Å². The van der Waals surface area contributed by atoms with E-state index in [9.17, 15) is 0 Å². The van der Waals surface area contributed by atoms with Crippen molar-refractivity contribution in [2.45, 2.75) is 66.2 Å². The van der Waals surface area contributed by atoms with E-state index in [0.29, 0.717) is 5.41 Å². The first-order valence-electron chi connectivity index (χ1n) is 9.28. The molecule has 0 N–H and O–H groups in total. The van der Waals surface area contributed by atoms with Crippen molar-refractivity contribution >= 4 is 0 Å². The molecule has 0 bridgehead atoms.